The summed E-state index contributed by atoms with van der Waals surface area (Å²) < 4.78 is 18.2. The second-order valence-corrected chi connectivity index (χ2v) is 9.66. The molecule has 0 saturated heterocycles. The zero-order chi connectivity index (χ0) is 28.0. The number of rotatable bonds is 16. The van der Waals surface area contributed by atoms with Crippen molar-refractivity contribution in [1.82, 2.24) is 0 Å². The summed E-state index contributed by atoms with van der Waals surface area (Å²) in [6, 6.07) is 37.9. The zero-order valence-electron chi connectivity index (χ0n) is 22.4. The number of benzene rings is 4. The van der Waals surface area contributed by atoms with E-state index in [-0.39, 0.29) is 26.2 Å². The Morgan fingerprint density at radius 1 is 0.550 bits per heavy atom. The van der Waals surface area contributed by atoms with Crippen molar-refractivity contribution in [2.45, 2.75) is 50.7 Å². The molecule has 2 N–H and O–H groups in total. The third-order valence-corrected chi connectivity index (χ3v) is 6.54. The van der Waals surface area contributed by atoms with Gasteiger partial charge in [-0.25, -0.2) is 0 Å². The molecular formula is C34H36O6. The van der Waals surface area contributed by atoms with E-state index in [2.05, 4.69) is 0 Å². The van der Waals surface area contributed by atoms with Gasteiger partial charge in [-0.05, 0) is 22.3 Å². The SMILES string of the molecule is O=C(Cc1ccccc1)[C@H](O)[C@@H](OCc1ccccc1)[C@H](OCc1ccccc1)[C@H](O)COCc1ccccc1. The second kappa shape index (κ2) is 15.8. The summed E-state index contributed by atoms with van der Waals surface area (Å²) in [5.74, 6) is -0.421. The number of hydrogen-bond donors (Lipinski definition) is 2. The lowest BCUT2D eigenvalue weighted by molar-refractivity contribution is -0.180. The van der Waals surface area contributed by atoms with E-state index in [1.165, 1.54) is 0 Å². The largest absolute Gasteiger partial charge is 0.388 e. The maximum atomic E-state index is 13.3. The van der Waals surface area contributed by atoms with E-state index in [9.17, 15) is 15.0 Å². The minimum atomic E-state index is -1.53. The molecule has 208 valence electrons. The van der Waals surface area contributed by atoms with Gasteiger partial charge < -0.3 is 24.4 Å². The zero-order valence-corrected chi connectivity index (χ0v) is 22.4. The quantitative estimate of drug-likeness (QED) is 0.210. The molecule has 4 aromatic carbocycles. The van der Waals surface area contributed by atoms with Crippen LogP contribution in [0.1, 0.15) is 22.3 Å². The molecule has 0 spiro atoms. The van der Waals surface area contributed by atoms with Crippen molar-refractivity contribution in [3.05, 3.63) is 144 Å². The van der Waals surface area contributed by atoms with Crippen LogP contribution in [0.25, 0.3) is 0 Å². The van der Waals surface area contributed by atoms with Crippen LogP contribution in [-0.2, 0) is 45.2 Å². The Kier molecular flexibility index (Phi) is 11.6. The molecular weight excluding hydrogens is 504 g/mol. The van der Waals surface area contributed by atoms with Crippen molar-refractivity contribution in [1.29, 1.82) is 0 Å². The van der Waals surface area contributed by atoms with Gasteiger partial charge in [-0.2, -0.15) is 0 Å². The average Bonchev–Trinajstić information content (AvgIpc) is 3.00. The molecule has 0 aromatic heterocycles. The van der Waals surface area contributed by atoms with Gasteiger partial charge in [-0.15, -0.1) is 0 Å². The van der Waals surface area contributed by atoms with Gasteiger partial charge in [-0.1, -0.05) is 121 Å². The van der Waals surface area contributed by atoms with Gasteiger partial charge in [0.25, 0.3) is 0 Å². The fraction of sp³-hybridized carbons (Fsp3) is 0.265. The summed E-state index contributed by atoms with van der Waals surface area (Å²) in [4.78, 5) is 13.3. The Hall–Kier alpha value is -3.65. The van der Waals surface area contributed by atoms with E-state index < -0.39 is 30.2 Å². The molecule has 0 heterocycles. The minimum absolute atomic E-state index is 0.0270. The average molecular weight is 541 g/mol. The molecule has 0 aliphatic rings. The molecule has 40 heavy (non-hydrogen) atoms. The van der Waals surface area contributed by atoms with Crippen LogP contribution in [0.2, 0.25) is 0 Å². The van der Waals surface area contributed by atoms with Gasteiger partial charge in [0.05, 0.1) is 26.4 Å². The predicted molar refractivity (Wildman–Crippen MR) is 153 cm³/mol. The van der Waals surface area contributed by atoms with Crippen LogP contribution in [-0.4, -0.2) is 47.0 Å². The van der Waals surface area contributed by atoms with Crippen molar-refractivity contribution >= 4 is 5.78 Å². The molecule has 4 rings (SSSR count). The van der Waals surface area contributed by atoms with Crippen LogP contribution in [0.5, 0.6) is 0 Å². The molecule has 0 radical (unpaired) electrons. The predicted octanol–water partition coefficient (Wildman–Crippen LogP) is 4.91. The fourth-order valence-electron chi connectivity index (χ4n) is 4.38. The minimum Gasteiger partial charge on any atom is -0.388 e. The molecule has 0 fully saturated rings. The van der Waals surface area contributed by atoms with E-state index in [4.69, 9.17) is 14.2 Å². The third-order valence-electron chi connectivity index (χ3n) is 6.54. The molecule has 6 nitrogen and oxygen atoms in total. The van der Waals surface area contributed by atoms with Crippen molar-refractivity contribution in [3.8, 4) is 0 Å². The van der Waals surface area contributed by atoms with Crippen LogP contribution in [0.3, 0.4) is 0 Å². The van der Waals surface area contributed by atoms with Gasteiger partial charge in [-0.3, -0.25) is 4.79 Å². The topological polar surface area (TPSA) is 85.2 Å². The van der Waals surface area contributed by atoms with Gasteiger partial charge in [0, 0.05) is 6.42 Å². The normalized spacial score (nSPS) is 14.2. The molecule has 0 aliphatic carbocycles. The van der Waals surface area contributed by atoms with E-state index in [0.29, 0.717) is 6.61 Å². The summed E-state index contributed by atoms with van der Waals surface area (Å²) in [7, 11) is 0. The Labute approximate surface area is 235 Å². The lowest BCUT2D eigenvalue weighted by atomic mass is 9.96. The highest BCUT2D eigenvalue weighted by molar-refractivity contribution is 5.85. The van der Waals surface area contributed by atoms with Gasteiger partial charge >= 0.3 is 0 Å². The Morgan fingerprint density at radius 2 is 0.950 bits per heavy atom. The van der Waals surface area contributed by atoms with Gasteiger partial charge in [0.1, 0.15) is 24.4 Å². The number of aliphatic hydroxyl groups excluding tert-OH is 2. The third kappa shape index (κ3) is 9.23. The van der Waals surface area contributed by atoms with Crippen LogP contribution >= 0.6 is 0 Å². The number of aliphatic hydroxyl groups is 2. The van der Waals surface area contributed by atoms with Crippen molar-refractivity contribution in [2.24, 2.45) is 0 Å². The van der Waals surface area contributed by atoms with Crippen molar-refractivity contribution in [3.63, 3.8) is 0 Å². The van der Waals surface area contributed by atoms with Crippen molar-refractivity contribution in [2.75, 3.05) is 6.61 Å². The number of Topliss-reactive ketones (excluding diaryl/α,β-unsaturated/α-hetero) is 1. The number of carbonyl (C=O) groups is 1. The maximum absolute atomic E-state index is 13.3. The molecule has 0 unspecified atom stereocenters. The first-order valence-corrected chi connectivity index (χ1v) is 13.5. The Bertz CT molecular complexity index is 1250. The Balaban J connectivity index is 1.54. The number of hydrogen-bond acceptors (Lipinski definition) is 6. The molecule has 6 heteroatoms. The first-order chi connectivity index (χ1) is 19.6. The monoisotopic (exact) mass is 540 g/mol. The number of ether oxygens (including phenoxy) is 3. The van der Waals surface area contributed by atoms with Crippen LogP contribution in [0.15, 0.2) is 121 Å². The summed E-state index contributed by atoms with van der Waals surface area (Å²) in [6.45, 7) is 0.517. The summed E-state index contributed by atoms with van der Waals surface area (Å²) >= 11 is 0. The van der Waals surface area contributed by atoms with Gasteiger partial charge in [0.15, 0.2) is 5.78 Å². The fourth-order valence-corrected chi connectivity index (χ4v) is 4.38. The molecule has 4 atom stereocenters. The van der Waals surface area contributed by atoms with Crippen molar-refractivity contribution < 1.29 is 29.2 Å². The lowest BCUT2D eigenvalue weighted by Crippen LogP contribution is -2.52. The second-order valence-electron chi connectivity index (χ2n) is 9.66. The van der Waals surface area contributed by atoms with E-state index in [1.807, 2.05) is 121 Å². The Morgan fingerprint density at radius 3 is 1.43 bits per heavy atom. The number of ketones is 1. The summed E-state index contributed by atoms with van der Waals surface area (Å²) in [5, 5.41) is 22.6. The molecule has 0 amide bonds. The molecule has 4 aromatic rings. The molecule has 0 saturated carbocycles. The highest BCUT2D eigenvalue weighted by Gasteiger charge is 2.39. The highest BCUT2D eigenvalue weighted by atomic mass is 16.6. The molecule has 0 bridgehead atoms. The van der Waals surface area contributed by atoms with Crippen LogP contribution in [0, 0.1) is 0 Å². The van der Waals surface area contributed by atoms with E-state index in [0.717, 1.165) is 22.3 Å². The van der Waals surface area contributed by atoms with Gasteiger partial charge in [0.2, 0.25) is 0 Å². The van der Waals surface area contributed by atoms with Crippen LogP contribution < -0.4 is 0 Å². The summed E-state index contributed by atoms with van der Waals surface area (Å²) in [6.07, 6.45) is -4.87. The highest BCUT2D eigenvalue weighted by Crippen LogP contribution is 2.20. The lowest BCUT2D eigenvalue weighted by Gasteiger charge is -2.33. The maximum Gasteiger partial charge on any atom is 0.168 e. The standard InChI is InChI=1S/C34H36O6/c35-30(21-26-13-5-1-6-14-26)32(37)34(40-24-29-19-11-4-12-20-29)33(39-23-28-17-9-3-10-18-28)31(36)25-38-22-27-15-7-2-8-16-27/h1-20,31-34,36-37H,21-25H2/t31-,32+,33-,34-/m1/s1. The van der Waals surface area contributed by atoms with E-state index >= 15 is 0 Å². The molecule has 0 aliphatic heterocycles. The van der Waals surface area contributed by atoms with E-state index in [1.54, 1.807) is 0 Å². The smallest absolute Gasteiger partial charge is 0.168 e. The van der Waals surface area contributed by atoms with Crippen LogP contribution in [0.4, 0.5) is 0 Å². The summed E-state index contributed by atoms with van der Waals surface area (Å²) in [5.41, 5.74) is 3.50. The first kappa shape index (κ1) is 29.3. The number of carbonyl (C=O) groups excluding carboxylic acids is 1. The first-order valence-electron chi connectivity index (χ1n) is 13.5.